The molecule has 1 saturated heterocycles. The van der Waals surface area contributed by atoms with Gasteiger partial charge in [-0.2, -0.15) is 10.1 Å². The maximum absolute atomic E-state index is 12.1. The SMILES string of the molecule is COc1cc(S(C)(=O)=O)cc(C)c1Nc1nc(Nc2cnn(C3CCCN(C)C3)c2)ncc1C(N)=O. The van der Waals surface area contributed by atoms with E-state index in [2.05, 4.69) is 37.6 Å². The fourth-order valence-electron chi connectivity index (χ4n) is 4.18. The standard InChI is InChI=1S/C23H30N8O4S/c1-14-8-17(36(4,33)34)9-19(35-3)20(14)28-22-18(21(24)32)11-25-23(29-22)27-15-10-26-31(12-15)16-6-5-7-30(2)13-16/h8-12,16H,5-7,13H2,1-4H3,(H2,24,32)(H2,25,27,28,29). The number of carbonyl (C=O) groups is 1. The van der Waals surface area contributed by atoms with Crippen molar-refractivity contribution in [1.82, 2.24) is 24.6 Å². The molecule has 1 amide bonds. The van der Waals surface area contributed by atoms with Crippen LogP contribution in [0.3, 0.4) is 0 Å². The number of rotatable bonds is 8. The molecule has 2 aromatic heterocycles. The Hall–Kier alpha value is -3.71. The summed E-state index contributed by atoms with van der Waals surface area (Å²) in [4.78, 5) is 23.1. The molecule has 13 heteroatoms. The Labute approximate surface area is 209 Å². The molecule has 12 nitrogen and oxygen atoms in total. The van der Waals surface area contributed by atoms with Crippen molar-refractivity contribution in [3.05, 3.63) is 41.9 Å². The molecule has 0 spiro atoms. The zero-order valence-corrected chi connectivity index (χ0v) is 21.5. The third-order valence-electron chi connectivity index (χ3n) is 6.05. The van der Waals surface area contributed by atoms with Gasteiger partial charge in [0.15, 0.2) is 9.84 Å². The molecule has 4 N–H and O–H groups in total. The summed E-state index contributed by atoms with van der Waals surface area (Å²) in [5.74, 6) is -0.0673. The summed E-state index contributed by atoms with van der Waals surface area (Å²) in [6.45, 7) is 3.74. The van der Waals surface area contributed by atoms with Crippen molar-refractivity contribution < 1.29 is 17.9 Å². The minimum absolute atomic E-state index is 0.0649. The number of amides is 1. The van der Waals surface area contributed by atoms with Crippen molar-refractivity contribution in [3.63, 3.8) is 0 Å². The number of carbonyl (C=O) groups excluding carboxylic acids is 1. The normalized spacial score (nSPS) is 16.5. The first-order chi connectivity index (χ1) is 17.0. The number of methoxy groups -OCH3 is 1. The average Bonchev–Trinajstić information content (AvgIpc) is 3.28. The molecule has 1 aliphatic heterocycles. The third kappa shape index (κ3) is 5.57. The molecule has 0 bridgehead atoms. The first-order valence-electron chi connectivity index (χ1n) is 11.4. The maximum Gasteiger partial charge on any atom is 0.254 e. The fourth-order valence-corrected chi connectivity index (χ4v) is 4.89. The minimum Gasteiger partial charge on any atom is -0.495 e. The van der Waals surface area contributed by atoms with E-state index in [4.69, 9.17) is 10.5 Å². The van der Waals surface area contributed by atoms with E-state index in [1.807, 2.05) is 10.9 Å². The number of hydrogen-bond acceptors (Lipinski definition) is 10. The quantitative estimate of drug-likeness (QED) is 0.407. The van der Waals surface area contributed by atoms with Crippen molar-refractivity contribution >= 4 is 38.9 Å². The average molecular weight is 515 g/mol. The van der Waals surface area contributed by atoms with Crippen LogP contribution in [0.2, 0.25) is 0 Å². The van der Waals surface area contributed by atoms with Crippen LogP contribution >= 0.6 is 0 Å². The Morgan fingerprint density at radius 3 is 2.69 bits per heavy atom. The number of primary amides is 1. The van der Waals surface area contributed by atoms with Gasteiger partial charge in [-0.05, 0) is 45.0 Å². The number of nitrogens with one attached hydrogen (secondary N) is 2. The summed E-state index contributed by atoms with van der Waals surface area (Å²) in [6, 6.07) is 3.22. The number of aromatic nitrogens is 4. The Morgan fingerprint density at radius 1 is 1.25 bits per heavy atom. The molecule has 3 heterocycles. The molecule has 1 fully saturated rings. The molecule has 1 atom stereocenters. The van der Waals surface area contributed by atoms with Gasteiger partial charge in [-0.3, -0.25) is 9.48 Å². The first kappa shape index (κ1) is 25.4. The van der Waals surface area contributed by atoms with Gasteiger partial charge in [0, 0.05) is 31.3 Å². The minimum atomic E-state index is -3.45. The second-order valence-corrected chi connectivity index (χ2v) is 10.9. The van der Waals surface area contributed by atoms with Crippen LogP contribution in [0.15, 0.2) is 35.6 Å². The van der Waals surface area contributed by atoms with E-state index in [1.165, 1.54) is 25.4 Å². The number of nitrogens with two attached hydrogens (primary N) is 1. The Kier molecular flexibility index (Phi) is 7.13. The molecule has 3 aromatic rings. The van der Waals surface area contributed by atoms with E-state index in [1.54, 1.807) is 13.1 Å². The van der Waals surface area contributed by atoms with E-state index in [-0.39, 0.29) is 28.0 Å². The van der Waals surface area contributed by atoms with Crippen LogP contribution in [-0.4, -0.2) is 72.5 Å². The van der Waals surface area contributed by atoms with Gasteiger partial charge in [0.05, 0.1) is 35.6 Å². The molecule has 1 aromatic carbocycles. The monoisotopic (exact) mass is 514 g/mol. The number of ether oxygens (including phenoxy) is 1. The lowest BCUT2D eigenvalue weighted by molar-refractivity contribution is 0.100. The van der Waals surface area contributed by atoms with Crippen molar-refractivity contribution in [2.24, 2.45) is 5.73 Å². The lowest BCUT2D eigenvalue weighted by atomic mass is 10.1. The number of nitrogens with zero attached hydrogens (tertiary/aromatic N) is 5. The molecule has 4 rings (SSSR count). The highest BCUT2D eigenvalue weighted by Gasteiger charge is 2.21. The largest absolute Gasteiger partial charge is 0.495 e. The molecular weight excluding hydrogens is 484 g/mol. The van der Waals surface area contributed by atoms with Crippen LogP contribution in [-0.2, 0) is 9.84 Å². The van der Waals surface area contributed by atoms with Crippen LogP contribution < -0.4 is 21.1 Å². The number of piperidine rings is 1. The van der Waals surface area contributed by atoms with Gasteiger partial charge in [-0.1, -0.05) is 0 Å². The Bertz CT molecular complexity index is 1390. The van der Waals surface area contributed by atoms with E-state index in [0.717, 1.165) is 32.2 Å². The fraction of sp³-hybridized carbons (Fsp3) is 0.391. The van der Waals surface area contributed by atoms with Crippen LogP contribution in [0, 0.1) is 6.92 Å². The van der Waals surface area contributed by atoms with Crippen LogP contribution in [0.25, 0.3) is 0 Å². The summed E-state index contributed by atoms with van der Waals surface area (Å²) in [7, 11) is 0.0785. The predicted molar refractivity (Wildman–Crippen MR) is 136 cm³/mol. The van der Waals surface area contributed by atoms with Gasteiger partial charge in [0.2, 0.25) is 5.95 Å². The van der Waals surface area contributed by atoms with Gasteiger partial charge in [-0.15, -0.1) is 0 Å². The smallest absolute Gasteiger partial charge is 0.254 e. The van der Waals surface area contributed by atoms with Crippen molar-refractivity contribution in [2.45, 2.75) is 30.7 Å². The number of likely N-dealkylation sites (N-methyl/N-ethyl adjacent to an activating group) is 1. The first-order valence-corrected chi connectivity index (χ1v) is 13.3. The van der Waals surface area contributed by atoms with Crippen molar-refractivity contribution in [1.29, 1.82) is 0 Å². The van der Waals surface area contributed by atoms with Gasteiger partial charge >= 0.3 is 0 Å². The predicted octanol–water partition coefficient (Wildman–Crippen LogP) is 2.25. The molecule has 36 heavy (non-hydrogen) atoms. The second-order valence-electron chi connectivity index (χ2n) is 8.93. The number of hydrogen-bond donors (Lipinski definition) is 3. The highest BCUT2D eigenvalue weighted by Crippen LogP contribution is 2.34. The third-order valence-corrected chi connectivity index (χ3v) is 7.14. The summed E-state index contributed by atoms with van der Waals surface area (Å²) < 4.78 is 31.4. The number of aryl methyl sites for hydroxylation is 1. The van der Waals surface area contributed by atoms with Gasteiger partial charge in [0.1, 0.15) is 17.1 Å². The second kappa shape index (κ2) is 10.1. The Balaban J connectivity index is 1.62. The van der Waals surface area contributed by atoms with E-state index < -0.39 is 15.7 Å². The maximum atomic E-state index is 12.1. The van der Waals surface area contributed by atoms with Gasteiger partial charge < -0.3 is 26.0 Å². The molecule has 0 saturated carbocycles. The topological polar surface area (TPSA) is 157 Å². The lowest BCUT2D eigenvalue weighted by Gasteiger charge is -2.29. The van der Waals surface area contributed by atoms with Gasteiger partial charge in [0.25, 0.3) is 5.91 Å². The summed E-state index contributed by atoms with van der Waals surface area (Å²) in [5, 5.41) is 10.7. The van der Waals surface area contributed by atoms with E-state index in [0.29, 0.717) is 23.0 Å². The highest BCUT2D eigenvalue weighted by atomic mass is 32.2. The molecule has 192 valence electrons. The van der Waals surface area contributed by atoms with Crippen LogP contribution in [0.1, 0.15) is 34.8 Å². The van der Waals surface area contributed by atoms with E-state index in [9.17, 15) is 13.2 Å². The van der Waals surface area contributed by atoms with Gasteiger partial charge in [-0.25, -0.2) is 13.4 Å². The summed E-state index contributed by atoms with van der Waals surface area (Å²) in [6.07, 6.45) is 8.22. The van der Waals surface area contributed by atoms with Crippen molar-refractivity contribution in [2.75, 3.05) is 44.1 Å². The molecule has 0 radical (unpaired) electrons. The Morgan fingerprint density at radius 2 is 2.03 bits per heavy atom. The molecule has 1 aliphatic rings. The number of likely N-dealkylation sites (tertiary alicyclic amines) is 1. The number of benzene rings is 1. The molecule has 1 unspecified atom stereocenters. The van der Waals surface area contributed by atoms with Crippen molar-refractivity contribution in [3.8, 4) is 5.75 Å². The molecule has 0 aliphatic carbocycles. The zero-order chi connectivity index (χ0) is 26.0. The number of anilines is 4. The zero-order valence-electron chi connectivity index (χ0n) is 20.6. The van der Waals surface area contributed by atoms with Crippen LogP contribution in [0.5, 0.6) is 5.75 Å². The van der Waals surface area contributed by atoms with E-state index >= 15 is 0 Å². The number of sulfone groups is 1. The highest BCUT2D eigenvalue weighted by molar-refractivity contribution is 7.90. The summed E-state index contributed by atoms with van der Waals surface area (Å²) >= 11 is 0. The lowest BCUT2D eigenvalue weighted by Crippen LogP contribution is -2.33. The summed E-state index contributed by atoms with van der Waals surface area (Å²) in [5.41, 5.74) is 7.35. The molecular formula is C23H30N8O4S. The van der Waals surface area contributed by atoms with Crippen LogP contribution in [0.4, 0.5) is 23.1 Å².